The van der Waals surface area contributed by atoms with Crippen molar-refractivity contribution >= 4 is 17.6 Å². The molecule has 0 heterocycles. The molecule has 1 unspecified atom stereocenters. The summed E-state index contributed by atoms with van der Waals surface area (Å²) in [7, 11) is 0. The van der Waals surface area contributed by atoms with Crippen molar-refractivity contribution in [2.75, 3.05) is 12.4 Å². The zero-order valence-electron chi connectivity index (χ0n) is 12.4. The fraction of sp³-hybridized carbons (Fsp3) is 0.533. The molecular formula is C15H24N2O2S. The highest BCUT2D eigenvalue weighted by Gasteiger charge is 2.15. The first-order valence-electron chi connectivity index (χ1n) is 7.00. The van der Waals surface area contributed by atoms with Crippen molar-refractivity contribution in [3.05, 3.63) is 23.8 Å². The monoisotopic (exact) mass is 296 g/mol. The van der Waals surface area contributed by atoms with E-state index in [2.05, 4.69) is 25.9 Å². The highest BCUT2D eigenvalue weighted by molar-refractivity contribution is 7.99. The molecule has 1 rings (SSSR count). The Morgan fingerprint density at radius 3 is 2.80 bits per heavy atom. The van der Waals surface area contributed by atoms with Crippen LogP contribution in [0.1, 0.15) is 39.2 Å². The van der Waals surface area contributed by atoms with Gasteiger partial charge in [-0.2, -0.15) is 0 Å². The first kappa shape index (κ1) is 16.7. The van der Waals surface area contributed by atoms with Crippen LogP contribution in [0, 0.1) is 5.92 Å². The minimum absolute atomic E-state index is 0.0969. The van der Waals surface area contributed by atoms with Crippen LogP contribution >= 0.6 is 11.8 Å². The first-order chi connectivity index (χ1) is 9.63. The van der Waals surface area contributed by atoms with Crippen molar-refractivity contribution in [1.82, 2.24) is 0 Å². The molecule has 1 atom stereocenters. The van der Waals surface area contributed by atoms with Crippen molar-refractivity contribution in [2.45, 2.75) is 38.5 Å². The van der Waals surface area contributed by atoms with Gasteiger partial charge in [-0.3, -0.25) is 0 Å². The third kappa shape index (κ3) is 4.63. The molecule has 0 aromatic heterocycles. The number of oxime groups is 1. The molecule has 1 aromatic carbocycles. The van der Waals surface area contributed by atoms with Crippen molar-refractivity contribution in [3.63, 3.8) is 0 Å². The van der Waals surface area contributed by atoms with Gasteiger partial charge < -0.3 is 15.7 Å². The maximum Gasteiger partial charge on any atom is 0.174 e. The molecule has 0 bridgehead atoms. The number of amidine groups is 1. The number of ether oxygens (including phenoxy) is 1. The molecule has 0 aliphatic heterocycles. The lowest BCUT2D eigenvalue weighted by molar-refractivity contribution is 0.250. The Morgan fingerprint density at radius 1 is 1.45 bits per heavy atom. The van der Waals surface area contributed by atoms with E-state index in [4.69, 9.17) is 15.7 Å². The second-order valence-electron chi connectivity index (χ2n) is 4.75. The fourth-order valence-electron chi connectivity index (χ4n) is 2.02. The van der Waals surface area contributed by atoms with Crippen molar-refractivity contribution in [2.24, 2.45) is 16.8 Å². The number of hydrogen-bond donors (Lipinski definition) is 2. The summed E-state index contributed by atoms with van der Waals surface area (Å²) in [6.45, 7) is 7.03. The normalized spacial score (nSPS) is 13.2. The Balaban J connectivity index is 2.96. The summed E-state index contributed by atoms with van der Waals surface area (Å²) in [4.78, 5) is 0.975. The number of benzene rings is 1. The Bertz CT molecular complexity index is 449. The van der Waals surface area contributed by atoms with Gasteiger partial charge in [0.05, 0.1) is 12.2 Å². The summed E-state index contributed by atoms with van der Waals surface area (Å²) < 4.78 is 5.88. The largest absolute Gasteiger partial charge is 0.493 e. The average molecular weight is 296 g/mol. The van der Waals surface area contributed by atoms with Crippen LogP contribution in [0.25, 0.3) is 0 Å². The topological polar surface area (TPSA) is 67.8 Å². The lowest BCUT2D eigenvalue weighted by Crippen LogP contribution is -2.17. The van der Waals surface area contributed by atoms with Crippen molar-refractivity contribution in [3.8, 4) is 5.75 Å². The van der Waals surface area contributed by atoms with E-state index in [1.165, 1.54) is 0 Å². The van der Waals surface area contributed by atoms with Gasteiger partial charge in [0.25, 0.3) is 0 Å². The lowest BCUT2D eigenvalue weighted by Gasteiger charge is -2.16. The van der Waals surface area contributed by atoms with Gasteiger partial charge in [-0.25, -0.2) is 0 Å². The number of nitrogens with two attached hydrogens (primary N) is 1. The van der Waals surface area contributed by atoms with Gasteiger partial charge in [-0.1, -0.05) is 38.4 Å². The molecule has 1 aromatic rings. The summed E-state index contributed by atoms with van der Waals surface area (Å²) >= 11 is 1.65. The van der Waals surface area contributed by atoms with E-state index < -0.39 is 0 Å². The number of thioether (sulfide) groups is 1. The summed E-state index contributed by atoms with van der Waals surface area (Å²) in [5.41, 5.74) is 6.48. The molecule has 0 radical (unpaired) electrons. The van der Waals surface area contributed by atoms with Gasteiger partial charge in [0.2, 0.25) is 0 Å². The predicted molar refractivity (Wildman–Crippen MR) is 84.9 cm³/mol. The molecule has 3 N–H and O–H groups in total. The first-order valence-corrected chi connectivity index (χ1v) is 7.99. The third-order valence-electron chi connectivity index (χ3n) is 2.96. The van der Waals surface area contributed by atoms with E-state index in [-0.39, 0.29) is 5.84 Å². The number of nitrogens with zero attached hydrogens (tertiary/aromatic N) is 1. The zero-order valence-corrected chi connectivity index (χ0v) is 13.2. The van der Waals surface area contributed by atoms with E-state index in [1.807, 2.05) is 18.2 Å². The second-order valence-corrected chi connectivity index (χ2v) is 6.06. The van der Waals surface area contributed by atoms with E-state index in [9.17, 15) is 0 Å². The lowest BCUT2D eigenvalue weighted by atomic mass is 10.1. The van der Waals surface area contributed by atoms with Gasteiger partial charge >= 0.3 is 0 Å². The van der Waals surface area contributed by atoms with Crippen LogP contribution in [0.4, 0.5) is 0 Å². The van der Waals surface area contributed by atoms with Gasteiger partial charge in [0.15, 0.2) is 5.84 Å². The third-order valence-corrected chi connectivity index (χ3v) is 3.90. The van der Waals surface area contributed by atoms with Crippen LogP contribution in [0.3, 0.4) is 0 Å². The van der Waals surface area contributed by atoms with Crippen molar-refractivity contribution < 1.29 is 9.94 Å². The molecule has 5 heteroatoms. The summed E-state index contributed by atoms with van der Waals surface area (Å²) in [6.07, 6.45) is 2.27. The standard InChI is InChI=1S/C15H24N2O2S/c1-4-7-11(3)10-19-12-8-6-9-13(20-5-2)14(12)15(16)17-18/h6,8-9,11,18H,4-5,7,10H2,1-3H3,(H2,16,17). The van der Waals surface area contributed by atoms with E-state index in [0.29, 0.717) is 23.8 Å². The second kappa shape index (κ2) is 8.74. The van der Waals surface area contributed by atoms with Gasteiger partial charge in [-0.15, -0.1) is 11.8 Å². The number of rotatable bonds is 8. The average Bonchev–Trinajstić information content (AvgIpc) is 2.45. The molecule has 4 nitrogen and oxygen atoms in total. The predicted octanol–water partition coefficient (Wildman–Crippen LogP) is 3.71. The van der Waals surface area contributed by atoms with Crippen LogP contribution in [0.2, 0.25) is 0 Å². The maximum atomic E-state index is 8.97. The van der Waals surface area contributed by atoms with Gasteiger partial charge in [0, 0.05) is 4.90 Å². The zero-order chi connectivity index (χ0) is 15.0. The molecule has 0 saturated carbocycles. The maximum absolute atomic E-state index is 8.97. The van der Waals surface area contributed by atoms with Gasteiger partial charge in [-0.05, 0) is 30.2 Å². The summed E-state index contributed by atoms with van der Waals surface area (Å²) in [6, 6.07) is 5.77. The van der Waals surface area contributed by atoms with Crippen LogP contribution in [-0.4, -0.2) is 23.4 Å². The molecule has 0 saturated heterocycles. The quantitative estimate of drug-likeness (QED) is 0.252. The van der Waals surface area contributed by atoms with Crippen LogP contribution < -0.4 is 10.5 Å². The van der Waals surface area contributed by atoms with E-state index in [1.54, 1.807) is 11.8 Å². The highest BCUT2D eigenvalue weighted by atomic mass is 32.2. The molecular weight excluding hydrogens is 272 g/mol. The van der Waals surface area contributed by atoms with E-state index >= 15 is 0 Å². The molecule has 0 spiro atoms. The molecule has 112 valence electrons. The summed E-state index contributed by atoms with van der Waals surface area (Å²) in [5.74, 6) is 2.19. The van der Waals surface area contributed by atoms with Crippen LogP contribution in [0.5, 0.6) is 5.75 Å². The van der Waals surface area contributed by atoms with Gasteiger partial charge in [0.1, 0.15) is 5.75 Å². The summed E-state index contributed by atoms with van der Waals surface area (Å²) in [5, 5.41) is 12.1. The van der Waals surface area contributed by atoms with Crippen LogP contribution in [0.15, 0.2) is 28.3 Å². The smallest absolute Gasteiger partial charge is 0.174 e. The Morgan fingerprint density at radius 2 is 2.20 bits per heavy atom. The molecule has 20 heavy (non-hydrogen) atoms. The molecule has 0 amide bonds. The fourth-order valence-corrected chi connectivity index (χ4v) is 2.85. The minimum atomic E-state index is 0.0969. The van der Waals surface area contributed by atoms with E-state index in [0.717, 1.165) is 23.5 Å². The Hall–Kier alpha value is -1.36. The molecule has 0 aliphatic rings. The molecule has 0 aliphatic carbocycles. The highest BCUT2D eigenvalue weighted by Crippen LogP contribution is 2.30. The minimum Gasteiger partial charge on any atom is -0.493 e. The Labute approximate surface area is 125 Å². The number of hydrogen-bond acceptors (Lipinski definition) is 4. The van der Waals surface area contributed by atoms with Crippen LogP contribution in [-0.2, 0) is 0 Å². The van der Waals surface area contributed by atoms with Crippen molar-refractivity contribution in [1.29, 1.82) is 0 Å². The SMILES string of the molecule is CCCC(C)COc1cccc(SCC)c1/C(N)=N/O. The molecule has 0 fully saturated rings. The Kier molecular flexibility index (Phi) is 7.30.